The van der Waals surface area contributed by atoms with Crippen LogP contribution in [0.4, 0.5) is 14.5 Å². The molecule has 0 amide bonds. The summed E-state index contributed by atoms with van der Waals surface area (Å²) < 4.78 is 25.3. The van der Waals surface area contributed by atoms with Gasteiger partial charge in [0, 0.05) is 5.56 Å². The SMILES string of the molecule is CSC(=Nc1ccc(-c2cccc(C(F)F)n2)cc1)NC#N. The highest BCUT2D eigenvalue weighted by atomic mass is 32.2. The number of nitrogens with zero attached hydrogens (tertiary/aromatic N) is 3. The van der Waals surface area contributed by atoms with Crippen molar-refractivity contribution < 1.29 is 8.78 Å². The van der Waals surface area contributed by atoms with E-state index in [9.17, 15) is 8.78 Å². The predicted molar refractivity (Wildman–Crippen MR) is 84.0 cm³/mol. The zero-order valence-electron chi connectivity index (χ0n) is 11.6. The molecule has 0 radical (unpaired) electrons. The van der Waals surface area contributed by atoms with Gasteiger partial charge in [0.25, 0.3) is 6.43 Å². The van der Waals surface area contributed by atoms with E-state index in [0.29, 0.717) is 16.5 Å². The van der Waals surface area contributed by atoms with Gasteiger partial charge in [-0.05, 0) is 30.5 Å². The van der Waals surface area contributed by atoms with Gasteiger partial charge in [0.15, 0.2) is 11.4 Å². The molecule has 0 aliphatic carbocycles. The number of nitrogens with one attached hydrogen (secondary N) is 1. The molecule has 1 aromatic carbocycles. The van der Waals surface area contributed by atoms with Crippen molar-refractivity contribution in [3.63, 3.8) is 0 Å². The Bertz CT molecular complexity index is 708. The second-order valence-corrected chi connectivity index (χ2v) is 4.95. The summed E-state index contributed by atoms with van der Waals surface area (Å²) in [7, 11) is 0. The lowest BCUT2D eigenvalue weighted by atomic mass is 10.1. The monoisotopic (exact) mass is 318 g/mol. The first-order valence-corrected chi connectivity index (χ1v) is 7.50. The molecule has 0 unspecified atom stereocenters. The molecule has 0 fully saturated rings. The van der Waals surface area contributed by atoms with Gasteiger partial charge >= 0.3 is 0 Å². The zero-order chi connectivity index (χ0) is 15.9. The number of nitriles is 1. The van der Waals surface area contributed by atoms with Crippen LogP contribution in [0.25, 0.3) is 11.3 Å². The minimum Gasteiger partial charge on any atom is -0.271 e. The van der Waals surface area contributed by atoms with E-state index in [4.69, 9.17) is 5.26 Å². The first kappa shape index (κ1) is 15.9. The van der Waals surface area contributed by atoms with Crippen LogP contribution in [-0.4, -0.2) is 16.4 Å². The van der Waals surface area contributed by atoms with E-state index >= 15 is 0 Å². The molecule has 22 heavy (non-hydrogen) atoms. The van der Waals surface area contributed by atoms with Crippen LogP contribution in [0.5, 0.6) is 0 Å². The number of rotatable bonds is 3. The fourth-order valence-corrected chi connectivity index (χ4v) is 2.07. The predicted octanol–water partition coefficient (Wildman–Crippen LogP) is 4.11. The fourth-order valence-electron chi connectivity index (χ4n) is 1.73. The van der Waals surface area contributed by atoms with E-state index in [-0.39, 0.29) is 5.69 Å². The van der Waals surface area contributed by atoms with Crippen LogP contribution in [0.2, 0.25) is 0 Å². The molecule has 7 heteroatoms. The quantitative estimate of drug-likeness (QED) is 0.400. The van der Waals surface area contributed by atoms with E-state index in [1.165, 1.54) is 17.8 Å². The first-order valence-electron chi connectivity index (χ1n) is 6.27. The minimum atomic E-state index is -2.59. The molecule has 0 bridgehead atoms. The molecule has 0 aliphatic heterocycles. The maximum Gasteiger partial charge on any atom is 0.280 e. The topological polar surface area (TPSA) is 61.1 Å². The average Bonchev–Trinajstić information content (AvgIpc) is 2.55. The number of thioether (sulfide) groups is 1. The minimum absolute atomic E-state index is 0.248. The van der Waals surface area contributed by atoms with E-state index in [1.54, 1.807) is 42.7 Å². The average molecular weight is 318 g/mol. The summed E-state index contributed by atoms with van der Waals surface area (Å²) in [5, 5.41) is 11.5. The second kappa shape index (κ2) is 7.52. The lowest BCUT2D eigenvalue weighted by Crippen LogP contribution is -2.12. The van der Waals surface area contributed by atoms with Gasteiger partial charge in [-0.1, -0.05) is 30.0 Å². The lowest BCUT2D eigenvalue weighted by Gasteiger charge is -2.05. The van der Waals surface area contributed by atoms with Gasteiger partial charge in [0.2, 0.25) is 0 Å². The normalized spacial score (nSPS) is 11.3. The molecule has 1 aromatic heterocycles. The van der Waals surface area contributed by atoms with Crippen molar-refractivity contribution in [2.45, 2.75) is 6.43 Å². The number of alkyl halides is 2. The third kappa shape index (κ3) is 4.02. The Balaban J connectivity index is 2.26. The number of hydrogen-bond acceptors (Lipinski definition) is 4. The van der Waals surface area contributed by atoms with Gasteiger partial charge in [-0.3, -0.25) is 5.32 Å². The lowest BCUT2D eigenvalue weighted by molar-refractivity contribution is 0.146. The van der Waals surface area contributed by atoms with Crippen molar-refractivity contribution in [1.29, 1.82) is 5.26 Å². The molecule has 1 N–H and O–H groups in total. The third-order valence-electron chi connectivity index (χ3n) is 2.74. The summed E-state index contributed by atoms with van der Waals surface area (Å²) in [5.74, 6) is 0. The first-order chi connectivity index (χ1) is 10.6. The van der Waals surface area contributed by atoms with E-state index in [1.807, 2.05) is 6.19 Å². The Hall–Kier alpha value is -2.46. The highest BCUT2D eigenvalue weighted by Crippen LogP contribution is 2.24. The molecule has 0 atom stereocenters. The Morgan fingerprint density at radius 3 is 2.59 bits per heavy atom. The van der Waals surface area contributed by atoms with Crippen molar-refractivity contribution in [3.05, 3.63) is 48.2 Å². The Morgan fingerprint density at radius 2 is 2.00 bits per heavy atom. The number of aromatic nitrogens is 1. The standard InChI is InChI=1S/C15H12F2N4S/c1-22-15(19-9-18)20-11-7-5-10(6-8-11)12-3-2-4-13(21-12)14(16)17/h2-8,14H,1H3,(H,19,20). The fraction of sp³-hybridized carbons (Fsp3) is 0.133. The number of benzene rings is 1. The molecule has 0 saturated heterocycles. The Morgan fingerprint density at radius 1 is 1.27 bits per heavy atom. The zero-order valence-corrected chi connectivity index (χ0v) is 12.4. The van der Waals surface area contributed by atoms with Crippen LogP contribution in [0.1, 0.15) is 12.1 Å². The maximum absolute atomic E-state index is 12.7. The van der Waals surface area contributed by atoms with Crippen molar-refractivity contribution >= 4 is 22.6 Å². The van der Waals surface area contributed by atoms with Crippen LogP contribution in [0.3, 0.4) is 0 Å². The summed E-state index contributed by atoms with van der Waals surface area (Å²) in [5.41, 5.74) is 1.61. The van der Waals surface area contributed by atoms with Crippen molar-refractivity contribution in [2.24, 2.45) is 4.99 Å². The third-order valence-corrected chi connectivity index (χ3v) is 3.32. The van der Waals surface area contributed by atoms with Crippen molar-refractivity contribution in [3.8, 4) is 17.5 Å². The summed E-state index contributed by atoms with van der Waals surface area (Å²) >= 11 is 1.32. The summed E-state index contributed by atoms with van der Waals surface area (Å²) in [4.78, 5) is 8.19. The van der Waals surface area contributed by atoms with Gasteiger partial charge in [0.05, 0.1) is 11.4 Å². The molecule has 0 aliphatic rings. The Kier molecular flexibility index (Phi) is 5.44. The molecule has 4 nitrogen and oxygen atoms in total. The molecule has 2 aromatic rings. The molecular formula is C15H12F2N4S. The number of pyridine rings is 1. The van der Waals surface area contributed by atoms with Gasteiger partial charge in [-0.25, -0.2) is 18.8 Å². The van der Waals surface area contributed by atoms with Crippen LogP contribution in [-0.2, 0) is 0 Å². The number of amidine groups is 1. The van der Waals surface area contributed by atoms with E-state index in [0.717, 1.165) is 5.56 Å². The van der Waals surface area contributed by atoms with E-state index < -0.39 is 6.43 Å². The molecule has 1 heterocycles. The summed E-state index contributed by atoms with van der Waals surface area (Å²) in [6.45, 7) is 0. The van der Waals surface area contributed by atoms with Gasteiger partial charge in [0.1, 0.15) is 5.69 Å². The van der Waals surface area contributed by atoms with Gasteiger partial charge < -0.3 is 0 Å². The highest BCUT2D eigenvalue weighted by Gasteiger charge is 2.09. The molecule has 2 rings (SSSR count). The molecule has 112 valence electrons. The molecule has 0 saturated carbocycles. The Labute approximate surface area is 130 Å². The number of aliphatic imine (C=N–C) groups is 1. The second-order valence-electron chi connectivity index (χ2n) is 4.15. The van der Waals surface area contributed by atoms with Crippen LogP contribution >= 0.6 is 11.8 Å². The summed E-state index contributed by atoms with van der Waals surface area (Å²) in [6.07, 6.45) is 1.02. The van der Waals surface area contributed by atoms with Crippen molar-refractivity contribution in [1.82, 2.24) is 10.3 Å². The molecule has 0 spiro atoms. The van der Waals surface area contributed by atoms with Crippen LogP contribution in [0, 0.1) is 11.5 Å². The van der Waals surface area contributed by atoms with Crippen LogP contribution in [0.15, 0.2) is 47.5 Å². The van der Waals surface area contributed by atoms with E-state index in [2.05, 4.69) is 15.3 Å². The highest BCUT2D eigenvalue weighted by molar-refractivity contribution is 8.13. The number of hydrogen-bond donors (Lipinski definition) is 1. The smallest absolute Gasteiger partial charge is 0.271 e. The van der Waals surface area contributed by atoms with Gasteiger partial charge in [-0.15, -0.1) is 0 Å². The molecular weight excluding hydrogens is 306 g/mol. The maximum atomic E-state index is 12.7. The van der Waals surface area contributed by atoms with Crippen molar-refractivity contribution in [2.75, 3.05) is 6.26 Å². The number of halogens is 2. The van der Waals surface area contributed by atoms with Gasteiger partial charge in [-0.2, -0.15) is 5.26 Å². The van der Waals surface area contributed by atoms with Crippen LogP contribution < -0.4 is 5.32 Å². The largest absolute Gasteiger partial charge is 0.280 e. The summed E-state index contributed by atoms with van der Waals surface area (Å²) in [6, 6.07) is 11.5.